The highest BCUT2D eigenvalue weighted by molar-refractivity contribution is 6.31. The second kappa shape index (κ2) is 5.73. The minimum atomic E-state index is -0.682. The molecule has 0 amide bonds. The maximum absolute atomic E-state index is 10.9. The molecule has 1 aromatic carbocycles. The number of aliphatic hydroxyl groups is 1. The largest absolute Gasteiger partial charge is 0.386 e. The van der Waals surface area contributed by atoms with Crippen LogP contribution in [0.25, 0.3) is 0 Å². The molecule has 128 valence electrons. The molecule has 2 heterocycles. The number of benzene rings is 1. The predicted molar refractivity (Wildman–Crippen MR) is 91.5 cm³/mol. The number of hydrogen-bond donors (Lipinski definition) is 1. The lowest BCUT2D eigenvalue weighted by Gasteiger charge is -2.40. The molecule has 0 bridgehead atoms. The van der Waals surface area contributed by atoms with E-state index in [0.29, 0.717) is 10.9 Å². The summed E-state index contributed by atoms with van der Waals surface area (Å²) in [7, 11) is 0. The zero-order valence-corrected chi connectivity index (χ0v) is 15.4. The van der Waals surface area contributed by atoms with E-state index in [1.165, 1.54) is 0 Å². The third-order valence-electron chi connectivity index (χ3n) is 5.60. The van der Waals surface area contributed by atoms with Gasteiger partial charge in [-0.3, -0.25) is 0 Å². The Morgan fingerprint density at radius 1 is 1.26 bits per heavy atom. The Balaban J connectivity index is 1.86. The summed E-state index contributed by atoms with van der Waals surface area (Å²) in [5.41, 5.74) is 1.51. The molecule has 0 radical (unpaired) electrons. The minimum absolute atomic E-state index is 0.145. The van der Waals surface area contributed by atoms with Crippen molar-refractivity contribution in [1.29, 1.82) is 0 Å². The highest BCUT2D eigenvalue weighted by Gasteiger charge is 2.56. The summed E-state index contributed by atoms with van der Waals surface area (Å²) in [6, 6.07) is 5.66. The standard InChI is InChI=1S/C19H27ClO3/c1-11-10-12(6-7-14(11)20)15(21)16-19(4,5)13-8-9-18(2,3)23-17(13)22-16/h6-7,10,13,15-17,21H,8-9H2,1-5H3/t13-,15+,16+,17+/m0/s1. The van der Waals surface area contributed by atoms with Crippen LogP contribution in [-0.2, 0) is 9.47 Å². The Morgan fingerprint density at radius 3 is 2.61 bits per heavy atom. The maximum Gasteiger partial charge on any atom is 0.162 e. The van der Waals surface area contributed by atoms with Gasteiger partial charge in [-0.05, 0) is 50.8 Å². The predicted octanol–water partition coefficient (Wildman–Crippen LogP) is 4.64. The van der Waals surface area contributed by atoms with E-state index in [4.69, 9.17) is 21.1 Å². The number of aryl methyl sites for hydroxylation is 1. The van der Waals surface area contributed by atoms with Crippen LogP contribution in [0.3, 0.4) is 0 Å². The normalized spacial score (nSPS) is 33.3. The molecule has 0 aliphatic carbocycles. The van der Waals surface area contributed by atoms with Gasteiger partial charge in [-0.1, -0.05) is 37.6 Å². The van der Waals surface area contributed by atoms with Crippen LogP contribution in [0.1, 0.15) is 57.8 Å². The zero-order valence-electron chi connectivity index (χ0n) is 14.6. The summed E-state index contributed by atoms with van der Waals surface area (Å²) in [4.78, 5) is 0. The highest BCUT2D eigenvalue weighted by Crippen LogP contribution is 2.53. The number of halogens is 1. The number of ether oxygens (including phenoxy) is 2. The van der Waals surface area contributed by atoms with Gasteiger partial charge >= 0.3 is 0 Å². The Hall–Kier alpha value is -0.610. The van der Waals surface area contributed by atoms with Gasteiger partial charge in [-0.2, -0.15) is 0 Å². The van der Waals surface area contributed by atoms with Crippen LogP contribution in [0.15, 0.2) is 18.2 Å². The molecule has 4 heteroatoms. The lowest BCUT2D eigenvalue weighted by Crippen LogP contribution is -2.42. The number of hydrogen-bond acceptors (Lipinski definition) is 3. The van der Waals surface area contributed by atoms with E-state index < -0.39 is 6.10 Å². The summed E-state index contributed by atoms with van der Waals surface area (Å²) in [6.45, 7) is 10.5. The smallest absolute Gasteiger partial charge is 0.162 e. The molecule has 23 heavy (non-hydrogen) atoms. The van der Waals surface area contributed by atoms with Crippen molar-refractivity contribution >= 4 is 11.6 Å². The van der Waals surface area contributed by atoms with E-state index >= 15 is 0 Å². The van der Waals surface area contributed by atoms with Gasteiger partial charge in [-0.15, -0.1) is 0 Å². The fourth-order valence-electron chi connectivity index (χ4n) is 3.98. The summed E-state index contributed by atoms with van der Waals surface area (Å²) in [5, 5.41) is 11.6. The molecule has 0 aromatic heterocycles. The molecule has 2 aliphatic heterocycles. The van der Waals surface area contributed by atoms with Gasteiger partial charge in [0.2, 0.25) is 0 Å². The molecule has 4 atom stereocenters. The van der Waals surface area contributed by atoms with Crippen molar-refractivity contribution in [3.63, 3.8) is 0 Å². The van der Waals surface area contributed by atoms with Crippen LogP contribution in [-0.4, -0.2) is 23.1 Å². The lowest BCUT2D eigenvalue weighted by atomic mass is 9.70. The first-order valence-electron chi connectivity index (χ1n) is 8.39. The van der Waals surface area contributed by atoms with Crippen molar-refractivity contribution in [1.82, 2.24) is 0 Å². The van der Waals surface area contributed by atoms with Gasteiger partial charge < -0.3 is 14.6 Å². The van der Waals surface area contributed by atoms with Crippen LogP contribution >= 0.6 is 11.6 Å². The zero-order chi connectivity index (χ0) is 17.0. The summed E-state index contributed by atoms with van der Waals surface area (Å²) < 4.78 is 12.3. The average molecular weight is 339 g/mol. The maximum atomic E-state index is 10.9. The Kier molecular flexibility index (Phi) is 4.29. The number of fused-ring (bicyclic) bond motifs is 1. The van der Waals surface area contributed by atoms with Crippen molar-refractivity contribution in [3.05, 3.63) is 34.3 Å². The topological polar surface area (TPSA) is 38.7 Å². The minimum Gasteiger partial charge on any atom is -0.386 e. The van der Waals surface area contributed by atoms with Gasteiger partial charge in [0.1, 0.15) is 6.10 Å². The molecule has 3 nitrogen and oxygen atoms in total. The molecule has 0 saturated carbocycles. The first-order valence-corrected chi connectivity index (χ1v) is 8.77. The van der Waals surface area contributed by atoms with E-state index in [-0.39, 0.29) is 23.4 Å². The third-order valence-corrected chi connectivity index (χ3v) is 6.03. The fraction of sp³-hybridized carbons (Fsp3) is 0.684. The number of rotatable bonds is 2. The van der Waals surface area contributed by atoms with Crippen molar-refractivity contribution < 1.29 is 14.6 Å². The van der Waals surface area contributed by atoms with Crippen LogP contribution in [0.2, 0.25) is 5.02 Å². The second-order valence-corrected chi connectivity index (χ2v) is 8.63. The molecule has 2 fully saturated rings. The van der Waals surface area contributed by atoms with Gasteiger partial charge in [-0.25, -0.2) is 0 Å². The van der Waals surface area contributed by atoms with Crippen LogP contribution in [0.4, 0.5) is 0 Å². The molecule has 3 rings (SSSR count). The molecule has 1 N–H and O–H groups in total. The van der Waals surface area contributed by atoms with Crippen LogP contribution in [0.5, 0.6) is 0 Å². The molecule has 1 aromatic rings. The third kappa shape index (κ3) is 3.05. The van der Waals surface area contributed by atoms with Gasteiger partial charge in [0.25, 0.3) is 0 Å². The number of aliphatic hydroxyl groups excluding tert-OH is 1. The first kappa shape index (κ1) is 17.2. The van der Waals surface area contributed by atoms with E-state index in [2.05, 4.69) is 27.7 Å². The second-order valence-electron chi connectivity index (χ2n) is 8.22. The molecule has 0 unspecified atom stereocenters. The van der Waals surface area contributed by atoms with Gasteiger partial charge in [0.15, 0.2) is 6.29 Å². The molecule has 2 saturated heterocycles. The van der Waals surface area contributed by atoms with Gasteiger partial charge in [0.05, 0.1) is 11.7 Å². The summed E-state index contributed by atoms with van der Waals surface area (Å²) in [5.74, 6) is 0.309. The molecule has 0 spiro atoms. The van der Waals surface area contributed by atoms with Crippen molar-refractivity contribution in [2.24, 2.45) is 11.3 Å². The molecular formula is C19H27ClO3. The van der Waals surface area contributed by atoms with E-state index in [1.54, 1.807) is 0 Å². The fourth-order valence-corrected chi connectivity index (χ4v) is 4.10. The van der Waals surface area contributed by atoms with Crippen molar-refractivity contribution in [2.45, 2.75) is 71.6 Å². The molecular weight excluding hydrogens is 312 g/mol. The van der Waals surface area contributed by atoms with Crippen molar-refractivity contribution in [2.75, 3.05) is 0 Å². The summed E-state index contributed by atoms with van der Waals surface area (Å²) >= 11 is 6.10. The molecule has 2 aliphatic rings. The Bertz CT molecular complexity index is 596. The van der Waals surface area contributed by atoms with Gasteiger partial charge in [0, 0.05) is 16.4 Å². The first-order chi connectivity index (χ1) is 10.6. The van der Waals surface area contributed by atoms with Crippen molar-refractivity contribution in [3.8, 4) is 0 Å². The Labute approximate surface area is 143 Å². The van der Waals surface area contributed by atoms with Crippen LogP contribution < -0.4 is 0 Å². The lowest BCUT2D eigenvalue weighted by molar-refractivity contribution is -0.236. The average Bonchev–Trinajstić information content (AvgIpc) is 2.70. The highest BCUT2D eigenvalue weighted by atomic mass is 35.5. The summed E-state index contributed by atoms with van der Waals surface area (Å²) in [6.07, 6.45) is 0.879. The quantitative estimate of drug-likeness (QED) is 0.853. The van der Waals surface area contributed by atoms with E-state index in [0.717, 1.165) is 24.0 Å². The van der Waals surface area contributed by atoms with E-state index in [1.807, 2.05) is 25.1 Å². The monoisotopic (exact) mass is 338 g/mol. The van der Waals surface area contributed by atoms with Crippen LogP contribution in [0, 0.1) is 18.3 Å². The van der Waals surface area contributed by atoms with E-state index in [9.17, 15) is 5.11 Å². The SMILES string of the molecule is Cc1cc([C@@H](O)[C@H]2O[C@@H]3OC(C)(C)CC[C@@H]3C2(C)C)ccc1Cl. The Morgan fingerprint density at radius 2 is 1.96 bits per heavy atom.